The van der Waals surface area contributed by atoms with Gasteiger partial charge in [-0.1, -0.05) is 57.2 Å². The molecule has 0 fully saturated rings. The summed E-state index contributed by atoms with van der Waals surface area (Å²) in [5.74, 6) is -1.28. The number of nitrogens with one attached hydrogen (secondary N) is 1. The predicted octanol–water partition coefficient (Wildman–Crippen LogP) is 3.84. The molecule has 2 N–H and O–H groups in total. The summed E-state index contributed by atoms with van der Waals surface area (Å²) in [6.07, 6.45) is -0.134. The minimum absolute atomic E-state index is 0.114. The first-order valence-electron chi connectivity index (χ1n) is 8.48. The molecule has 0 aromatic heterocycles. The molecule has 2 aromatic carbocycles. The minimum Gasteiger partial charge on any atom is -0.478 e. The number of carboxylic acid groups (broad SMARTS) is 1. The van der Waals surface area contributed by atoms with Crippen LogP contribution in [-0.2, 0) is 4.74 Å². The molecule has 5 heteroatoms. The Kier molecular flexibility index (Phi) is 6.16. The highest BCUT2D eigenvalue weighted by molar-refractivity contribution is 6.04. The fourth-order valence-electron chi connectivity index (χ4n) is 2.84. The number of hydrogen-bond acceptors (Lipinski definition) is 3. The van der Waals surface area contributed by atoms with Gasteiger partial charge in [0.1, 0.15) is 0 Å². The summed E-state index contributed by atoms with van der Waals surface area (Å²) in [4.78, 5) is 24.3. The molecule has 2 aromatic rings. The Bertz CT molecular complexity index is 793. The lowest BCUT2D eigenvalue weighted by Crippen LogP contribution is -2.40. The zero-order valence-electron chi connectivity index (χ0n) is 15.6. The van der Waals surface area contributed by atoms with Gasteiger partial charge in [0.25, 0.3) is 5.91 Å². The Hall–Kier alpha value is -2.66. The van der Waals surface area contributed by atoms with Gasteiger partial charge in [-0.2, -0.15) is 0 Å². The van der Waals surface area contributed by atoms with E-state index in [1.165, 1.54) is 6.07 Å². The van der Waals surface area contributed by atoms with Crippen LogP contribution in [0.4, 0.5) is 0 Å². The molecule has 1 atom stereocenters. The van der Waals surface area contributed by atoms with E-state index < -0.39 is 5.97 Å². The van der Waals surface area contributed by atoms with Crippen molar-refractivity contribution in [3.05, 3.63) is 59.7 Å². The molecule has 0 heterocycles. The molecule has 0 bridgehead atoms. The number of methoxy groups -OCH3 is 1. The van der Waals surface area contributed by atoms with Gasteiger partial charge in [-0.3, -0.25) is 4.79 Å². The van der Waals surface area contributed by atoms with E-state index in [4.69, 9.17) is 4.74 Å². The second-order valence-corrected chi connectivity index (χ2v) is 7.20. The molecular formula is C21H25NO4. The molecule has 0 spiro atoms. The van der Waals surface area contributed by atoms with Crippen LogP contribution in [0.15, 0.2) is 48.5 Å². The average Bonchev–Trinajstić information content (AvgIpc) is 2.61. The number of amides is 1. The van der Waals surface area contributed by atoms with Crippen LogP contribution < -0.4 is 5.32 Å². The molecule has 138 valence electrons. The van der Waals surface area contributed by atoms with Gasteiger partial charge in [-0.25, -0.2) is 4.79 Å². The molecule has 2 rings (SSSR count). The maximum atomic E-state index is 12.8. The third-order valence-electron chi connectivity index (χ3n) is 4.32. The maximum Gasteiger partial charge on any atom is 0.336 e. The van der Waals surface area contributed by atoms with E-state index in [1.54, 1.807) is 49.6 Å². The fraction of sp³-hybridized carbons (Fsp3) is 0.333. The molecule has 0 saturated carbocycles. The van der Waals surface area contributed by atoms with Crippen molar-refractivity contribution in [3.8, 4) is 11.1 Å². The van der Waals surface area contributed by atoms with Gasteiger partial charge in [-0.05, 0) is 28.7 Å². The van der Waals surface area contributed by atoms with Gasteiger partial charge >= 0.3 is 5.97 Å². The van der Waals surface area contributed by atoms with Crippen molar-refractivity contribution >= 4 is 11.9 Å². The Balaban J connectivity index is 2.33. The van der Waals surface area contributed by atoms with Crippen molar-refractivity contribution in [2.75, 3.05) is 13.7 Å². The van der Waals surface area contributed by atoms with Crippen LogP contribution in [-0.4, -0.2) is 36.7 Å². The zero-order chi connectivity index (χ0) is 19.3. The lowest BCUT2D eigenvalue weighted by atomic mass is 9.89. The molecule has 1 unspecified atom stereocenters. The maximum absolute atomic E-state index is 12.8. The summed E-state index contributed by atoms with van der Waals surface area (Å²) < 4.78 is 5.47. The molecule has 0 radical (unpaired) electrons. The van der Waals surface area contributed by atoms with E-state index in [-0.39, 0.29) is 23.0 Å². The number of ether oxygens (including phenoxy) is 1. The van der Waals surface area contributed by atoms with Crippen molar-refractivity contribution in [3.63, 3.8) is 0 Å². The van der Waals surface area contributed by atoms with Gasteiger partial charge < -0.3 is 15.2 Å². The first kappa shape index (κ1) is 19.7. The Morgan fingerprint density at radius 1 is 1.00 bits per heavy atom. The van der Waals surface area contributed by atoms with Crippen LogP contribution >= 0.6 is 0 Å². The number of carboxylic acids is 1. The third kappa shape index (κ3) is 4.49. The topological polar surface area (TPSA) is 75.6 Å². The molecule has 5 nitrogen and oxygen atoms in total. The lowest BCUT2D eigenvalue weighted by molar-refractivity contribution is 0.0176. The van der Waals surface area contributed by atoms with Crippen molar-refractivity contribution in [2.24, 2.45) is 5.41 Å². The summed E-state index contributed by atoms with van der Waals surface area (Å²) in [6, 6.07) is 13.7. The second-order valence-electron chi connectivity index (χ2n) is 7.20. The highest BCUT2D eigenvalue weighted by Crippen LogP contribution is 2.27. The number of rotatable bonds is 6. The first-order valence-corrected chi connectivity index (χ1v) is 8.48. The number of aromatic carboxylic acids is 1. The first-order chi connectivity index (χ1) is 12.3. The lowest BCUT2D eigenvalue weighted by Gasteiger charge is -2.29. The van der Waals surface area contributed by atoms with Gasteiger partial charge in [-0.15, -0.1) is 0 Å². The SMILES string of the molecule is COC(CNC(=O)c1ccccc1-c1ccccc1C(=O)O)C(C)(C)C. The molecule has 0 aliphatic rings. The molecular weight excluding hydrogens is 330 g/mol. The minimum atomic E-state index is -1.03. The largest absolute Gasteiger partial charge is 0.478 e. The van der Waals surface area contributed by atoms with Crippen molar-refractivity contribution in [1.29, 1.82) is 0 Å². The molecule has 0 aliphatic carbocycles. The summed E-state index contributed by atoms with van der Waals surface area (Å²) >= 11 is 0. The monoisotopic (exact) mass is 355 g/mol. The molecule has 1 amide bonds. The average molecular weight is 355 g/mol. The van der Waals surface area contributed by atoms with Crippen LogP contribution in [0.3, 0.4) is 0 Å². The van der Waals surface area contributed by atoms with Gasteiger partial charge in [0.2, 0.25) is 0 Å². The normalized spacial score (nSPS) is 12.5. The van der Waals surface area contributed by atoms with E-state index >= 15 is 0 Å². The Morgan fingerprint density at radius 2 is 1.50 bits per heavy atom. The third-order valence-corrected chi connectivity index (χ3v) is 4.32. The van der Waals surface area contributed by atoms with E-state index in [0.29, 0.717) is 23.2 Å². The van der Waals surface area contributed by atoms with Crippen LogP contribution in [0.5, 0.6) is 0 Å². The number of carbonyl (C=O) groups is 2. The smallest absolute Gasteiger partial charge is 0.336 e. The van der Waals surface area contributed by atoms with Crippen LogP contribution in [0.25, 0.3) is 11.1 Å². The fourth-order valence-corrected chi connectivity index (χ4v) is 2.84. The number of hydrogen-bond donors (Lipinski definition) is 2. The summed E-state index contributed by atoms with van der Waals surface area (Å²) in [7, 11) is 1.62. The van der Waals surface area contributed by atoms with Gasteiger partial charge in [0.05, 0.1) is 11.7 Å². The molecule has 0 saturated heterocycles. The quantitative estimate of drug-likeness (QED) is 0.825. The standard InChI is InChI=1S/C21H25NO4/c1-21(2,3)18(26-4)13-22-19(23)16-11-7-5-9-14(16)15-10-6-8-12-17(15)20(24)25/h5-12,18H,13H2,1-4H3,(H,22,23)(H,24,25). The van der Waals surface area contributed by atoms with E-state index in [1.807, 2.05) is 20.8 Å². The highest BCUT2D eigenvalue weighted by atomic mass is 16.5. The van der Waals surface area contributed by atoms with Crippen molar-refractivity contribution in [1.82, 2.24) is 5.32 Å². The molecule has 26 heavy (non-hydrogen) atoms. The van der Waals surface area contributed by atoms with Crippen molar-refractivity contribution < 1.29 is 19.4 Å². The predicted molar refractivity (Wildman–Crippen MR) is 101 cm³/mol. The van der Waals surface area contributed by atoms with Crippen LogP contribution in [0, 0.1) is 5.41 Å². The Labute approximate surface area is 154 Å². The molecule has 0 aliphatic heterocycles. The van der Waals surface area contributed by atoms with Crippen molar-refractivity contribution in [2.45, 2.75) is 26.9 Å². The van der Waals surface area contributed by atoms with Crippen LogP contribution in [0.1, 0.15) is 41.5 Å². The van der Waals surface area contributed by atoms with E-state index in [9.17, 15) is 14.7 Å². The second kappa shape index (κ2) is 8.15. The number of benzene rings is 2. The zero-order valence-corrected chi connectivity index (χ0v) is 15.6. The summed E-state index contributed by atoms with van der Waals surface area (Å²) in [5, 5.41) is 12.3. The summed E-state index contributed by atoms with van der Waals surface area (Å²) in [5.41, 5.74) is 1.59. The van der Waals surface area contributed by atoms with E-state index in [0.717, 1.165) is 0 Å². The summed E-state index contributed by atoms with van der Waals surface area (Å²) in [6.45, 7) is 6.51. The number of carbonyl (C=O) groups excluding carboxylic acids is 1. The highest BCUT2D eigenvalue weighted by Gasteiger charge is 2.25. The van der Waals surface area contributed by atoms with Gasteiger partial charge in [0.15, 0.2) is 0 Å². The van der Waals surface area contributed by atoms with E-state index in [2.05, 4.69) is 5.32 Å². The Morgan fingerprint density at radius 3 is 2.00 bits per heavy atom. The van der Waals surface area contributed by atoms with Crippen LogP contribution in [0.2, 0.25) is 0 Å². The van der Waals surface area contributed by atoms with Gasteiger partial charge in [0, 0.05) is 19.2 Å².